The van der Waals surface area contributed by atoms with Crippen LogP contribution >= 0.6 is 11.3 Å². The first-order valence-electron chi connectivity index (χ1n) is 6.57. The number of aryl methyl sites for hydroxylation is 1. The predicted octanol–water partition coefficient (Wildman–Crippen LogP) is 2.71. The van der Waals surface area contributed by atoms with Crippen molar-refractivity contribution in [2.24, 2.45) is 5.41 Å². The molecule has 2 rings (SSSR count). The molecule has 0 aromatic carbocycles. The zero-order valence-corrected chi connectivity index (χ0v) is 11.9. The van der Waals surface area contributed by atoms with Gasteiger partial charge in [-0.2, -0.15) is 0 Å². The molecule has 1 aliphatic rings. The fourth-order valence-electron chi connectivity index (χ4n) is 2.65. The maximum Gasteiger partial charge on any atom is 0.310 e. The standard InChI is InChI=1S/C14H19NO3S/c1-10-4-5-11(19-10)9-15-12(16)8-14(13(17)18)6-2-3-7-14/h4-5H,2-3,6-9H2,1H3,(H,15,16)(H,17,18). The normalized spacial score (nSPS) is 17.3. The van der Waals surface area contributed by atoms with Crippen molar-refractivity contribution >= 4 is 23.2 Å². The highest BCUT2D eigenvalue weighted by atomic mass is 32.1. The van der Waals surface area contributed by atoms with Crippen LogP contribution in [0.1, 0.15) is 41.9 Å². The number of hydrogen-bond acceptors (Lipinski definition) is 3. The molecule has 1 saturated carbocycles. The largest absolute Gasteiger partial charge is 0.481 e. The molecule has 0 atom stereocenters. The highest BCUT2D eigenvalue weighted by Gasteiger charge is 2.42. The molecule has 104 valence electrons. The summed E-state index contributed by atoms with van der Waals surface area (Å²) in [6.07, 6.45) is 3.15. The van der Waals surface area contributed by atoms with Crippen LogP contribution in [0.4, 0.5) is 0 Å². The lowest BCUT2D eigenvalue weighted by Gasteiger charge is -2.22. The van der Waals surface area contributed by atoms with Crippen molar-refractivity contribution in [2.45, 2.75) is 45.6 Å². The smallest absolute Gasteiger partial charge is 0.310 e. The molecular formula is C14H19NO3S. The van der Waals surface area contributed by atoms with Crippen molar-refractivity contribution in [1.29, 1.82) is 0 Å². The highest BCUT2D eigenvalue weighted by molar-refractivity contribution is 7.11. The summed E-state index contributed by atoms with van der Waals surface area (Å²) in [4.78, 5) is 25.6. The number of aliphatic carboxylic acids is 1. The van der Waals surface area contributed by atoms with Crippen LogP contribution in [-0.2, 0) is 16.1 Å². The second-order valence-electron chi connectivity index (χ2n) is 5.26. The van der Waals surface area contributed by atoms with Gasteiger partial charge in [0.2, 0.25) is 5.91 Å². The van der Waals surface area contributed by atoms with Crippen molar-refractivity contribution in [3.05, 3.63) is 21.9 Å². The highest BCUT2D eigenvalue weighted by Crippen LogP contribution is 2.41. The summed E-state index contributed by atoms with van der Waals surface area (Å²) < 4.78 is 0. The maximum atomic E-state index is 11.9. The summed E-state index contributed by atoms with van der Waals surface area (Å²) in [6, 6.07) is 4.00. The number of carboxylic acids is 1. The van der Waals surface area contributed by atoms with Crippen LogP contribution in [0.3, 0.4) is 0 Å². The van der Waals surface area contributed by atoms with Crippen LogP contribution in [-0.4, -0.2) is 17.0 Å². The van der Waals surface area contributed by atoms with Gasteiger partial charge in [-0.25, -0.2) is 0 Å². The fraction of sp³-hybridized carbons (Fsp3) is 0.571. The van der Waals surface area contributed by atoms with E-state index < -0.39 is 11.4 Å². The van der Waals surface area contributed by atoms with Gasteiger partial charge in [0.25, 0.3) is 0 Å². The number of carbonyl (C=O) groups excluding carboxylic acids is 1. The minimum Gasteiger partial charge on any atom is -0.481 e. The van der Waals surface area contributed by atoms with Gasteiger partial charge in [0, 0.05) is 16.2 Å². The molecule has 5 heteroatoms. The lowest BCUT2D eigenvalue weighted by molar-refractivity contribution is -0.151. The molecule has 0 bridgehead atoms. The topological polar surface area (TPSA) is 66.4 Å². The fourth-order valence-corrected chi connectivity index (χ4v) is 3.48. The van der Waals surface area contributed by atoms with Gasteiger partial charge in [0.15, 0.2) is 0 Å². The Morgan fingerprint density at radius 2 is 2.05 bits per heavy atom. The SMILES string of the molecule is Cc1ccc(CNC(=O)CC2(C(=O)O)CCCC2)s1. The molecule has 4 nitrogen and oxygen atoms in total. The molecule has 1 aromatic heterocycles. The first kappa shape index (κ1) is 14.1. The van der Waals surface area contributed by atoms with Gasteiger partial charge in [0.05, 0.1) is 12.0 Å². The Morgan fingerprint density at radius 3 is 2.58 bits per heavy atom. The molecule has 0 radical (unpaired) electrons. The van der Waals surface area contributed by atoms with Crippen LogP contribution in [0, 0.1) is 12.3 Å². The third kappa shape index (κ3) is 3.35. The molecule has 0 saturated heterocycles. The Morgan fingerprint density at radius 1 is 1.37 bits per heavy atom. The Kier molecular flexibility index (Phi) is 4.24. The van der Waals surface area contributed by atoms with Crippen molar-refractivity contribution in [3.63, 3.8) is 0 Å². The van der Waals surface area contributed by atoms with Gasteiger partial charge in [0.1, 0.15) is 0 Å². The van der Waals surface area contributed by atoms with E-state index in [1.54, 1.807) is 11.3 Å². The average molecular weight is 281 g/mol. The number of rotatable bonds is 5. The summed E-state index contributed by atoms with van der Waals surface area (Å²) in [7, 11) is 0. The van der Waals surface area contributed by atoms with Gasteiger partial charge in [-0.1, -0.05) is 12.8 Å². The minimum atomic E-state index is -0.827. The van der Waals surface area contributed by atoms with E-state index in [-0.39, 0.29) is 12.3 Å². The first-order valence-corrected chi connectivity index (χ1v) is 7.39. The molecule has 19 heavy (non-hydrogen) atoms. The molecule has 1 amide bonds. The van der Waals surface area contributed by atoms with Crippen LogP contribution in [0.25, 0.3) is 0 Å². The van der Waals surface area contributed by atoms with Crippen LogP contribution in [0.15, 0.2) is 12.1 Å². The van der Waals surface area contributed by atoms with E-state index in [1.807, 2.05) is 19.1 Å². The number of nitrogens with one attached hydrogen (secondary N) is 1. The first-order chi connectivity index (χ1) is 9.02. The maximum absolute atomic E-state index is 11.9. The van der Waals surface area contributed by atoms with Crippen molar-refractivity contribution < 1.29 is 14.7 Å². The Labute approximate surface area is 116 Å². The average Bonchev–Trinajstić information content (AvgIpc) is 2.97. The monoisotopic (exact) mass is 281 g/mol. The van der Waals surface area contributed by atoms with E-state index in [4.69, 9.17) is 0 Å². The molecule has 1 heterocycles. The van der Waals surface area contributed by atoms with E-state index >= 15 is 0 Å². The van der Waals surface area contributed by atoms with E-state index in [0.717, 1.165) is 17.7 Å². The van der Waals surface area contributed by atoms with Crippen molar-refractivity contribution in [1.82, 2.24) is 5.32 Å². The molecule has 0 spiro atoms. The lowest BCUT2D eigenvalue weighted by atomic mass is 9.82. The van der Waals surface area contributed by atoms with Gasteiger partial charge in [-0.3, -0.25) is 9.59 Å². The van der Waals surface area contributed by atoms with Gasteiger partial charge in [-0.15, -0.1) is 11.3 Å². The van der Waals surface area contributed by atoms with Gasteiger partial charge >= 0.3 is 5.97 Å². The quantitative estimate of drug-likeness (QED) is 0.872. The number of carboxylic acid groups (broad SMARTS) is 1. The molecule has 0 unspecified atom stereocenters. The number of amides is 1. The molecule has 0 aliphatic heterocycles. The second-order valence-corrected chi connectivity index (χ2v) is 6.63. The zero-order chi connectivity index (χ0) is 13.9. The molecule has 1 aliphatic carbocycles. The third-order valence-electron chi connectivity index (χ3n) is 3.77. The summed E-state index contributed by atoms with van der Waals surface area (Å²) in [6.45, 7) is 2.51. The second kappa shape index (κ2) is 5.74. The van der Waals surface area contributed by atoms with E-state index in [2.05, 4.69) is 5.32 Å². The van der Waals surface area contributed by atoms with Crippen LogP contribution in [0.5, 0.6) is 0 Å². The number of hydrogen-bond donors (Lipinski definition) is 2. The molecule has 1 aromatic rings. The number of carbonyl (C=O) groups is 2. The lowest BCUT2D eigenvalue weighted by Crippen LogP contribution is -2.35. The molecular weight excluding hydrogens is 262 g/mol. The van der Waals surface area contributed by atoms with Crippen LogP contribution < -0.4 is 5.32 Å². The molecule has 1 fully saturated rings. The summed E-state index contributed by atoms with van der Waals surface area (Å²) >= 11 is 1.65. The summed E-state index contributed by atoms with van der Waals surface area (Å²) in [5, 5.41) is 12.2. The third-order valence-corrected chi connectivity index (χ3v) is 4.77. The zero-order valence-electron chi connectivity index (χ0n) is 11.1. The Hall–Kier alpha value is -1.36. The van der Waals surface area contributed by atoms with E-state index in [9.17, 15) is 14.7 Å². The minimum absolute atomic E-state index is 0.104. The van der Waals surface area contributed by atoms with Crippen molar-refractivity contribution in [3.8, 4) is 0 Å². The number of thiophene rings is 1. The molecule has 2 N–H and O–H groups in total. The Balaban J connectivity index is 1.88. The van der Waals surface area contributed by atoms with Gasteiger partial charge < -0.3 is 10.4 Å². The van der Waals surface area contributed by atoms with Crippen molar-refractivity contribution in [2.75, 3.05) is 0 Å². The van der Waals surface area contributed by atoms with E-state index in [0.29, 0.717) is 19.4 Å². The summed E-state index contributed by atoms with van der Waals surface area (Å²) in [5.74, 6) is -0.984. The van der Waals surface area contributed by atoms with Gasteiger partial charge in [-0.05, 0) is 31.9 Å². The predicted molar refractivity (Wildman–Crippen MR) is 74.1 cm³/mol. The van der Waals surface area contributed by atoms with E-state index in [1.165, 1.54) is 4.88 Å². The Bertz CT molecular complexity index is 475. The van der Waals surface area contributed by atoms with Crippen LogP contribution in [0.2, 0.25) is 0 Å². The summed E-state index contributed by atoms with van der Waals surface area (Å²) in [5.41, 5.74) is -0.824.